The first-order valence-electron chi connectivity index (χ1n) is 7.62. The van der Waals surface area contributed by atoms with Gasteiger partial charge in [-0.25, -0.2) is 4.39 Å². The minimum absolute atomic E-state index is 0.250. The van der Waals surface area contributed by atoms with Crippen molar-refractivity contribution in [3.05, 3.63) is 72.2 Å². The first kappa shape index (κ1) is 16.9. The lowest BCUT2D eigenvalue weighted by Crippen LogP contribution is -2.19. The second kappa shape index (κ2) is 7.76. The normalized spacial score (nSPS) is 10.3. The highest BCUT2D eigenvalue weighted by Gasteiger charge is 2.04. The quantitative estimate of drug-likeness (QED) is 0.680. The predicted molar refractivity (Wildman–Crippen MR) is 101 cm³/mol. The molecule has 0 amide bonds. The Bertz CT molecular complexity index is 864. The van der Waals surface area contributed by atoms with Gasteiger partial charge in [-0.1, -0.05) is 18.2 Å². The monoisotopic (exact) mass is 356 g/mol. The number of aromatic nitrogens is 2. The van der Waals surface area contributed by atoms with Crippen molar-refractivity contribution < 1.29 is 9.13 Å². The van der Waals surface area contributed by atoms with E-state index in [2.05, 4.69) is 15.7 Å². The number of anilines is 2. The Kier molecular flexibility index (Phi) is 5.25. The average Bonchev–Trinajstić information content (AvgIpc) is 3.04. The molecule has 0 aliphatic carbocycles. The number of thiocarbonyl (C=S) groups is 1. The smallest absolute Gasteiger partial charge is 0.176 e. The van der Waals surface area contributed by atoms with Crippen molar-refractivity contribution >= 4 is 28.8 Å². The first-order chi connectivity index (χ1) is 12.1. The second-order valence-corrected chi connectivity index (χ2v) is 5.74. The maximum Gasteiger partial charge on any atom is 0.176 e. The third kappa shape index (κ3) is 4.77. The fourth-order valence-electron chi connectivity index (χ4n) is 2.27. The van der Waals surface area contributed by atoms with Crippen LogP contribution in [-0.2, 0) is 6.54 Å². The van der Waals surface area contributed by atoms with E-state index >= 15 is 0 Å². The van der Waals surface area contributed by atoms with Crippen LogP contribution in [0.25, 0.3) is 0 Å². The number of halogens is 1. The van der Waals surface area contributed by atoms with Crippen molar-refractivity contribution in [1.29, 1.82) is 0 Å². The van der Waals surface area contributed by atoms with Crippen LogP contribution >= 0.6 is 12.2 Å². The third-order valence-electron chi connectivity index (χ3n) is 3.47. The zero-order chi connectivity index (χ0) is 17.6. The minimum Gasteiger partial charge on any atom is -0.497 e. The largest absolute Gasteiger partial charge is 0.497 e. The van der Waals surface area contributed by atoms with Gasteiger partial charge in [0.1, 0.15) is 11.6 Å². The van der Waals surface area contributed by atoms with Gasteiger partial charge in [0.15, 0.2) is 10.9 Å². The molecule has 0 atom stereocenters. The van der Waals surface area contributed by atoms with Crippen LogP contribution in [0.2, 0.25) is 0 Å². The van der Waals surface area contributed by atoms with Gasteiger partial charge in [0.05, 0.1) is 13.7 Å². The van der Waals surface area contributed by atoms with Gasteiger partial charge in [0.2, 0.25) is 0 Å². The zero-order valence-corrected chi connectivity index (χ0v) is 14.4. The van der Waals surface area contributed by atoms with Gasteiger partial charge in [0, 0.05) is 24.0 Å². The third-order valence-corrected chi connectivity index (χ3v) is 3.67. The summed E-state index contributed by atoms with van der Waals surface area (Å²) in [5, 5.41) is 10.9. The van der Waals surface area contributed by atoms with Gasteiger partial charge < -0.3 is 15.4 Å². The van der Waals surface area contributed by atoms with Crippen LogP contribution in [-0.4, -0.2) is 22.0 Å². The Morgan fingerprint density at radius 1 is 1.16 bits per heavy atom. The van der Waals surface area contributed by atoms with Crippen LogP contribution in [0.3, 0.4) is 0 Å². The number of hydrogen-bond donors (Lipinski definition) is 2. The first-order valence-corrected chi connectivity index (χ1v) is 8.03. The van der Waals surface area contributed by atoms with Crippen molar-refractivity contribution in [2.24, 2.45) is 0 Å². The maximum absolute atomic E-state index is 12.9. The summed E-state index contributed by atoms with van der Waals surface area (Å²) in [6.07, 6.45) is 1.83. The van der Waals surface area contributed by atoms with E-state index in [4.69, 9.17) is 17.0 Å². The molecule has 128 valence electrons. The average molecular weight is 356 g/mol. The Morgan fingerprint density at radius 2 is 1.96 bits per heavy atom. The molecule has 25 heavy (non-hydrogen) atoms. The van der Waals surface area contributed by atoms with Crippen molar-refractivity contribution in [2.75, 3.05) is 17.7 Å². The summed E-state index contributed by atoms with van der Waals surface area (Å²) in [5.74, 6) is 1.12. The Labute approximate surface area is 150 Å². The summed E-state index contributed by atoms with van der Waals surface area (Å²) in [7, 11) is 1.61. The van der Waals surface area contributed by atoms with E-state index in [9.17, 15) is 4.39 Å². The molecule has 0 aliphatic rings. The molecule has 0 saturated heterocycles. The molecule has 0 saturated carbocycles. The molecule has 0 unspecified atom stereocenters. The minimum atomic E-state index is -0.250. The fraction of sp³-hybridized carbons (Fsp3) is 0.111. The Balaban J connectivity index is 1.58. The van der Waals surface area contributed by atoms with Gasteiger partial charge in [-0.05, 0) is 42.0 Å². The van der Waals surface area contributed by atoms with Crippen molar-refractivity contribution in [3.63, 3.8) is 0 Å². The molecule has 3 rings (SSSR count). The zero-order valence-electron chi connectivity index (χ0n) is 13.6. The number of nitrogens with zero attached hydrogens (tertiary/aromatic N) is 2. The van der Waals surface area contributed by atoms with Crippen LogP contribution in [0.4, 0.5) is 15.9 Å². The second-order valence-electron chi connectivity index (χ2n) is 5.34. The Hall–Kier alpha value is -2.93. The number of ether oxygens (including phenoxy) is 1. The lowest BCUT2D eigenvalue weighted by Gasteiger charge is -2.09. The van der Waals surface area contributed by atoms with Crippen molar-refractivity contribution in [2.45, 2.75) is 6.54 Å². The molecule has 2 N–H and O–H groups in total. The highest BCUT2D eigenvalue weighted by atomic mass is 32.1. The standard InChI is InChI=1S/C18H17FN4OS/c1-24-16-4-2-3-15(11-16)20-18(25)21-17-9-10-23(22-17)12-13-5-7-14(19)8-6-13/h2-11H,12H2,1H3,(H2,20,21,22,25). The van der Waals surface area contributed by atoms with Gasteiger partial charge in [-0.3, -0.25) is 4.68 Å². The molecule has 0 radical (unpaired) electrons. The van der Waals surface area contributed by atoms with E-state index in [0.29, 0.717) is 17.5 Å². The molecule has 0 fully saturated rings. The summed E-state index contributed by atoms with van der Waals surface area (Å²) in [6, 6.07) is 15.6. The van der Waals surface area contributed by atoms with E-state index < -0.39 is 0 Å². The molecule has 0 spiro atoms. The van der Waals surface area contributed by atoms with E-state index in [1.54, 1.807) is 23.9 Å². The SMILES string of the molecule is COc1cccc(NC(=S)Nc2ccn(Cc3ccc(F)cc3)n2)c1. The summed E-state index contributed by atoms with van der Waals surface area (Å²) in [5.41, 5.74) is 1.79. The van der Waals surface area contributed by atoms with Gasteiger partial charge in [-0.15, -0.1) is 0 Å². The fourth-order valence-corrected chi connectivity index (χ4v) is 2.50. The van der Waals surface area contributed by atoms with Crippen molar-refractivity contribution in [3.8, 4) is 5.75 Å². The highest BCUT2D eigenvalue weighted by molar-refractivity contribution is 7.80. The van der Waals surface area contributed by atoms with E-state index in [0.717, 1.165) is 17.0 Å². The molecular formula is C18H17FN4OS. The van der Waals surface area contributed by atoms with Crippen LogP contribution in [0.1, 0.15) is 5.56 Å². The highest BCUT2D eigenvalue weighted by Crippen LogP contribution is 2.17. The van der Waals surface area contributed by atoms with Gasteiger partial charge in [-0.2, -0.15) is 5.10 Å². The molecule has 7 heteroatoms. The molecule has 2 aromatic carbocycles. The maximum atomic E-state index is 12.9. The lowest BCUT2D eigenvalue weighted by molar-refractivity contribution is 0.415. The molecular weight excluding hydrogens is 339 g/mol. The van der Waals surface area contributed by atoms with E-state index in [1.807, 2.05) is 36.5 Å². The Morgan fingerprint density at radius 3 is 2.72 bits per heavy atom. The lowest BCUT2D eigenvalue weighted by atomic mass is 10.2. The van der Waals surface area contributed by atoms with E-state index in [1.165, 1.54) is 12.1 Å². The summed E-state index contributed by atoms with van der Waals surface area (Å²) >= 11 is 5.30. The summed E-state index contributed by atoms with van der Waals surface area (Å²) < 4.78 is 19.9. The van der Waals surface area contributed by atoms with Crippen molar-refractivity contribution in [1.82, 2.24) is 9.78 Å². The topological polar surface area (TPSA) is 51.1 Å². The predicted octanol–water partition coefficient (Wildman–Crippen LogP) is 3.89. The molecule has 5 nitrogen and oxygen atoms in total. The van der Waals surface area contributed by atoms with Gasteiger partial charge in [0.25, 0.3) is 0 Å². The van der Waals surface area contributed by atoms with Crippen LogP contribution < -0.4 is 15.4 Å². The van der Waals surface area contributed by atoms with Crippen LogP contribution in [0.5, 0.6) is 5.75 Å². The molecule has 1 heterocycles. The number of hydrogen-bond acceptors (Lipinski definition) is 3. The number of nitrogens with one attached hydrogen (secondary N) is 2. The number of benzene rings is 2. The number of rotatable bonds is 5. The summed E-state index contributed by atoms with van der Waals surface area (Å²) in [4.78, 5) is 0. The summed E-state index contributed by atoms with van der Waals surface area (Å²) in [6.45, 7) is 0.554. The number of methoxy groups -OCH3 is 1. The molecule has 0 aliphatic heterocycles. The van der Waals surface area contributed by atoms with Gasteiger partial charge >= 0.3 is 0 Å². The van der Waals surface area contributed by atoms with E-state index in [-0.39, 0.29) is 5.82 Å². The molecule has 1 aromatic heterocycles. The van der Waals surface area contributed by atoms with Crippen LogP contribution in [0.15, 0.2) is 60.8 Å². The molecule has 0 bridgehead atoms. The van der Waals surface area contributed by atoms with Crippen LogP contribution in [0, 0.1) is 5.82 Å². The molecule has 3 aromatic rings.